The Labute approximate surface area is 126 Å². The molecule has 1 N–H and O–H groups in total. The molecule has 0 saturated heterocycles. The van der Waals surface area contributed by atoms with E-state index >= 15 is 0 Å². The first-order chi connectivity index (χ1) is 9.63. The molecule has 0 fully saturated rings. The molecule has 0 aromatic heterocycles. The summed E-state index contributed by atoms with van der Waals surface area (Å²) in [5, 5.41) is 10.2. The van der Waals surface area contributed by atoms with Gasteiger partial charge in [-0.2, -0.15) is 0 Å². The van der Waals surface area contributed by atoms with Gasteiger partial charge in [-0.25, -0.2) is 0 Å². The summed E-state index contributed by atoms with van der Waals surface area (Å²) in [7, 11) is 1.57. The molecule has 0 aliphatic rings. The van der Waals surface area contributed by atoms with E-state index in [1.807, 2.05) is 30.3 Å². The smallest absolute Gasteiger partial charge is 0.192 e. The molecule has 0 bridgehead atoms. The molecular weight excluding hydrogens is 320 g/mol. The van der Waals surface area contributed by atoms with Crippen molar-refractivity contribution in [2.45, 2.75) is 10.9 Å². The molecule has 4 heteroatoms. The number of aliphatic hydroxyl groups excluding tert-OH is 1. The Morgan fingerprint density at radius 1 is 1.10 bits per heavy atom. The maximum Gasteiger partial charge on any atom is 0.192 e. The molecule has 20 heavy (non-hydrogen) atoms. The second-order valence-corrected chi connectivity index (χ2v) is 5.34. The summed E-state index contributed by atoms with van der Waals surface area (Å²) >= 11 is 3.38. The van der Waals surface area contributed by atoms with E-state index in [9.17, 15) is 9.90 Å². The highest BCUT2D eigenvalue weighted by Gasteiger charge is 2.26. The van der Waals surface area contributed by atoms with E-state index in [0.717, 1.165) is 5.56 Å². The van der Waals surface area contributed by atoms with E-state index in [1.165, 1.54) is 0 Å². The van der Waals surface area contributed by atoms with Crippen LogP contribution in [0.2, 0.25) is 0 Å². The summed E-state index contributed by atoms with van der Waals surface area (Å²) in [6.07, 6.45) is -1.13. The summed E-state index contributed by atoms with van der Waals surface area (Å²) in [6.45, 7) is 0. The number of rotatable bonds is 5. The zero-order valence-electron chi connectivity index (χ0n) is 11.0. The standard InChI is InChI=1S/C16H15BrO3/c1-20-13-9-7-12(8-10-13)15(18)16(19)14(17)11-5-3-2-4-6-11/h2-10,14,16,19H,1H3/t14-,16+/m1/s1. The Morgan fingerprint density at radius 3 is 2.25 bits per heavy atom. The molecule has 2 rings (SSSR count). The molecule has 0 radical (unpaired) electrons. The number of halogens is 1. The van der Waals surface area contributed by atoms with Gasteiger partial charge in [0.2, 0.25) is 0 Å². The maximum absolute atomic E-state index is 12.2. The topological polar surface area (TPSA) is 46.5 Å². The van der Waals surface area contributed by atoms with Gasteiger partial charge in [-0.3, -0.25) is 4.79 Å². The van der Waals surface area contributed by atoms with Crippen molar-refractivity contribution in [1.29, 1.82) is 0 Å². The Balaban J connectivity index is 2.15. The van der Waals surface area contributed by atoms with Crippen molar-refractivity contribution in [3.8, 4) is 5.75 Å². The van der Waals surface area contributed by atoms with Crippen LogP contribution in [0.25, 0.3) is 0 Å². The Morgan fingerprint density at radius 2 is 1.70 bits per heavy atom. The molecule has 0 heterocycles. The molecule has 0 saturated carbocycles. The van der Waals surface area contributed by atoms with Gasteiger partial charge >= 0.3 is 0 Å². The second-order valence-electron chi connectivity index (χ2n) is 4.35. The number of aliphatic hydroxyl groups is 1. The lowest BCUT2D eigenvalue weighted by atomic mass is 10.00. The minimum Gasteiger partial charge on any atom is -0.497 e. The number of carbonyl (C=O) groups excluding carboxylic acids is 1. The van der Waals surface area contributed by atoms with Gasteiger partial charge in [0.05, 0.1) is 11.9 Å². The third kappa shape index (κ3) is 3.26. The average molecular weight is 335 g/mol. The number of hydrogen-bond acceptors (Lipinski definition) is 3. The minimum absolute atomic E-state index is 0.321. The Hall–Kier alpha value is -1.65. The fourth-order valence-electron chi connectivity index (χ4n) is 1.88. The largest absolute Gasteiger partial charge is 0.497 e. The number of hydrogen-bond donors (Lipinski definition) is 1. The molecule has 2 aromatic rings. The first kappa shape index (κ1) is 14.8. The monoisotopic (exact) mass is 334 g/mol. The van der Waals surface area contributed by atoms with Crippen molar-refractivity contribution in [2.24, 2.45) is 0 Å². The van der Waals surface area contributed by atoms with E-state index in [0.29, 0.717) is 11.3 Å². The molecule has 0 spiro atoms. The number of carbonyl (C=O) groups is 1. The lowest BCUT2D eigenvalue weighted by molar-refractivity contribution is 0.0746. The van der Waals surface area contributed by atoms with Crippen LogP contribution in [-0.2, 0) is 0 Å². The fraction of sp³-hybridized carbons (Fsp3) is 0.188. The van der Waals surface area contributed by atoms with E-state index in [4.69, 9.17) is 4.74 Å². The first-order valence-electron chi connectivity index (χ1n) is 6.19. The van der Waals surface area contributed by atoms with Crippen LogP contribution in [0.1, 0.15) is 20.7 Å². The van der Waals surface area contributed by atoms with Gasteiger partial charge in [-0.1, -0.05) is 46.3 Å². The fourth-order valence-corrected chi connectivity index (χ4v) is 2.42. The molecule has 0 aliphatic heterocycles. The Kier molecular flexibility index (Phi) is 4.93. The van der Waals surface area contributed by atoms with E-state index in [-0.39, 0.29) is 5.78 Å². The van der Waals surface area contributed by atoms with Gasteiger partial charge in [-0.05, 0) is 29.8 Å². The highest BCUT2D eigenvalue weighted by atomic mass is 79.9. The SMILES string of the molecule is COc1ccc(C(=O)[C@@H](O)[C@H](Br)c2ccccc2)cc1. The summed E-state index contributed by atoms with van der Waals surface area (Å²) < 4.78 is 5.04. The zero-order chi connectivity index (χ0) is 14.5. The summed E-state index contributed by atoms with van der Waals surface area (Å²) in [6, 6.07) is 16.1. The lowest BCUT2D eigenvalue weighted by Crippen LogP contribution is -2.25. The summed E-state index contributed by atoms with van der Waals surface area (Å²) in [5.74, 6) is 0.355. The minimum atomic E-state index is -1.13. The molecule has 0 unspecified atom stereocenters. The van der Waals surface area contributed by atoms with Crippen molar-refractivity contribution >= 4 is 21.7 Å². The van der Waals surface area contributed by atoms with Gasteiger partial charge in [0.25, 0.3) is 0 Å². The van der Waals surface area contributed by atoms with E-state index in [2.05, 4.69) is 15.9 Å². The molecule has 0 aliphatic carbocycles. The predicted octanol–water partition coefficient (Wildman–Crippen LogP) is 3.38. The molecule has 2 aromatic carbocycles. The third-order valence-corrected chi connectivity index (χ3v) is 4.07. The molecule has 104 valence electrons. The Bertz CT molecular complexity index is 566. The van der Waals surface area contributed by atoms with Gasteiger partial charge in [-0.15, -0.1) is 0 Å². The van der Waals surface area contributed by atoms with Crippen LogP contribution in [-0.4, -0.2) is 24.1 Å². The molecule has 3 nitrogen and oxygen atoms in total. The molecular formula is C16H15BrO3. The highest BCUT2D eigenvalue weighted by Crippen LogP contribution is 2.28. The van der Waals surface area contributed by atoms with E-state index in [1.54, 1.807) is 31.4 Å². The lowest BCUT2D eigenvalue weighted by Gasteiger charge is -2.16. The first-order valence-corrected chi connectivity index (χ1v) is 7.10. The van der Waals surface area contributed by atoms with Crippen molar-refractivity contribution < 1.29 is 14.6 Å². The number of alkyl halides is 1. The zero-order valence-corrected chi connectivity index (χ0v) is 12.6. The van der Waals surface area contributed by atoms with Crippen LogP contribution in [0.15, 0.2) is 54.6 Å². The normalized spacial score (nSPS) is 13.6. The van der Waals surface area contributed by atoms with Gasteiger partial charge in [0.1, 0.15) is 11.9 Å². The summed E-state index contributed by atoms with van der Waals surface area (Å²) in [5.41, 5.74) is 1.32. The van der Waals surface area contributed by atoms with Crippen LogP contribution in [0.3, 0.4) is 0 Å². The molecule has 2 atom stereocenters. The number of ketones is 1. The van der Waals surface area contributed by atoms with E-state index < -0.39 is 10.9 Å². The van der Waals surface area contributed by atoms with Crippen LogP contribution >= 0.6 is 15.9 Å². The number of Topliss-reactive ketones (excluding diaryl/α,β-unsaturated/α-hetero) is 1. The third-order valence-electron chi connectivity index (χ3n) is 3.04. The van der Waals surface area contributed by atoms with Crippen molar-refractivity contribution in [3.05, 3.63) is 65.7 Å². The second kappa shape index (κ2) is 6.68. The van der Waals surface area contributed by atoms with Crippen LogP contribution in [0.5, 0.6) is 5.75 Å². The van der Waals surface area contributed by atoms with Gasteiger partial charge in [0, 0.05) is 5.56 Å². The number of methoxy groups -OCH3 is 1. The van der Waals surface area contributed by atoms with Crippen LogP contribution in [0, 0.1) is 0 Å². The van der Waals surface area contributed by atoms with Crippen molar-refractivity contribution in [1.82, 2.24) is 0 Å². The maximum atomic E-state index is 12.2. The van der Waals surface area contributed by atoms with Crippen molar-refractivity contribution in [3.63, 3.8) is 0 Å². The predicted molar refractivity (Wildman–Crippen MR) is 81.4 cm³/mol. The van der Waals surface area contributed by atoms with Crippen molar-refractivity contribution in [2.75, 3.05) is 7.11 Å². The van der Waals surface area contributed by atoms with Gasteiger partial charge < -0.3 is 9.84 Å². The summed E-state index contributed by atoms with van der Waals surface area (Å²) in [4.78, 5) is 11.8. The highest BCUT2D eigenvalue weighted by molar-refractivity contribution is 9.09. The van der Waals surface area contributed by atoms with Gasteiger partial charge in [0.15, 0.2) is 5.78 Å². The average Bonchev–Trinajstić information content (AvgIpc) is 2.53. The molecule has 0 amide bonds. The quantitative estimate of drug-likeness (QED) is 0.673. The van der Waals surface area contributed by atoms with Crippen LogP contribution in [0.4, 0.5) is 0 Å². The number of benzene rings is 2. The number of ether oxygens (including phenoxy) is 1. The van der Waals surface area contributed by atoms with Crippen LogP contribution < -0.4 is 4.74 Å².